The van der Waals surface area contributed by atoms with Crippen molar-refractivity contribution in [3.63, 3.8) is 0 Å². The summed E-state index contributed by atoms with van der Waals surface area (Å²) in [7, 11) is 0. The molecule has 2 aromatic heterocycles. The summed E-state index contributed by atoms with van der Waals surface area (Å²) in [5, 5.41) is 0. The molecule has 0 spiro atoms. The first kappa shape index (κ1) is 16.8. The minimum Gasteiger partial charge on any atom is -0.382 e. The summed E-state index contributed by atoms with van der Waals surface area (Å²) in [6.45, 7) is 1.68. The zero-order valence-electron chi connectivity index (χ0n) is 13.9. The Hall–Kier alpha value is -3.00. The average molecular weight is 339 g/mol. The predicted octanol–water partition coefficient (Wildman–Crippen LogP) is 0.438. The van der Waals surface area contributed by atoms with E-state index in [1.165, 1.54) is 11.9 Å². The number of hydrogen-bond acceptors (Lipinski definition) is 6. The molecule has 1 aromatic carbocycles. The first-order valence-electron chi connectivity index (χ1n) is 8.12. The lowest BCUT2D eigenvalue weighted by Gasteiger charge is -2.22. The largest absolute Gasteiger partial charge is 0.382 e. The first-order chi connectivity index (χ1) is 12.2. The molecule has 0 saturated heterocycles. The van der Waals surface area contributed by atoms with Gasteiger partial charge in [-0.2, -0.15) is 0 Å². The van der Waals surface area contributed by atoms with E-state index in [0.717, 1.165) is 6.42 Å². The summed E-state index contributed by atoms with van der Waals surface area (Å²) in [6, 6.07) is 10.1. The Morgan fingerprint density at radius 2 is 1.92 bits per heavy atom. The second-order valence-corrected chi connectivity index (χ2v) is 5.71. The normalized spacial score (nSPS) is 10.9. The molecule has 0 aliphatic heterocycles. The van der Waals surface area contributed by atoms with E-state index in [-0.39, 0.29) is 12.5 Å². The number of aromatic nitrogens is 4. The molecule has 0 fully saturated rings. The summed E-state index contributed by atoms with van der Waals surface area (Å²) in [5.41, 5.74) is 13.7. The summed E-state index contributed by atoms with van der Waals surface area (Å²) < 4.78 is 1.68. The van der Waals surface area contributed by atoms with E-state index in [4.69, 9.17) is 11.5 Å². The number of anilines is 1. The molecule has 8 nitrogen and oxygen atoms in total. The monoisotopic (exact) mass is 339 g/mol. The van der Waals surface area contributed by atoms with Gasteiger partial charge >= 0.3 is 0 Å². The Balaban J connectivity index is 1.70. The van der Waals surface area contributed by atoms with Crippen molar-refractivity contribution in [3.05, 3.63) is 48.5 Å². The lowest BCUT2D eigenvalue weighted by molar-refractivity contribution is -0.131. The molecule has 2 heterocycles. The van der Waals surface area contributed by atoms with Gasteiger partial charge in [-0.1, -0.05) is 30.3 Å². The van der Waals surface area contributed by atoms with E-state index in [9.17, 15) is 4.79 Å². The molecule has 8 heteroatoms. The van der Waals surface area contributed by atoms with Gasteiger partial charge in [-0.3, -0.25) is 4.79 Å². The molecule has 4 N–H and O–H groups in total. The van der Waals surface area contributed by atoms with Crippen molar-refractivity contribution in [2.24, 2.45) is 5.73 Å². The van der Waals surface area contributed by atoms with Gasteiger partial charge in [0.15, 0.2) is 11.5 Å². The Morgan fingerprint density at radius 3 is 2.68 bits per heavy atom. The summed E-state index contributed by atoms with van der Waals surface area (Å²) in [5.74, 6) is 0.275. The van der Waals surface area contributed by atoms with E-state index in [1.54, 1.807) is 15.8 Å². The lowest BCUT2D eigenvalue weighted by atomic mass is 10.1. The van der Waals surface area contributed by atoms with E-state index in [1.807, 2.05) is 30.3 Å². The number of nitrogens with zero attached hydrogens (tertiary/aromatic N) is 5. The highest BCUT2D eigenvalue weighted by Crippen LogP contribution is 2.14. The number of hydrogen-bond donors (Lipinski definition) is 2. The van der Waals surface area contributed by atoms with Gasteiger partial charge < -0.3 is 20.9 Å². The van der Waals surface area contributed by atoms with E-state index in [0.29, 0.717) is 36.6 Å². The third kappa shape index (κ3) is 3.92. The zero-order valence-corrected chi connectivity index (χ0v) is 13.9. The zero-order chi connectivity index (χ0) is 17.6. The van der Waals surface area contributed by atoms with E-state index in [2.05, 4.69) is 15.0 Å². The molecule has 3 aromatic rings. The van der Waals surface area contributed by atoms with Crippen LogP contribution in [0.3, 0.4) is 0 Å². The van der Waals surface area contributed by atoms with E-state index < -0.39 is 0 Å². The van der Waals surface area contributed by atoms with Gasteiger partial charge in [-0.25, -0.2) is 15.0 Å². The Bertz CT molecular complexity index is 847. The van der Waals surface area contributed by atoms with Gasteiger partial charge in [0.2, 0.25) is 5.91 Å². The van der Waals surface area contributed by atoms with Gasteiger partial charge in [-0.15, -0.1) is 0 Å². The highest BCUT2D eigenvalue weighted by Gasteiger charge is 2.16. The van der Waals surface area contributed by atoms with Crippen LogP contribution in [0.25, 0.3) is 11.2 Å². The third-order valence-corrected chi connectivity index (χ3v) is 4.00. The quantitative estimate of drug-likeness (QED) is 0.645. The van der Waals surface area contributed by atoms with Crippen molar-refractivity contribution in [3.8, 4) is 0 Å². The topological polar surface area (TPSA) is 116 Å². The highest BCUT2D eigenvalue weighted by atomic mass is 16.2. The van der Waals surface area contributed by atoms with Crippen LogP contribution < -0.4 is 11.5 Å². The van der Waals surface area contributed by atoms with Gasteiger partial charge in [0.25, 0.3) is 0 Å². The summed E-state index contributed by atoms with van der Waals surface area (Å²) in [4.78, 5) is 26.7. The van der Waals surface area contributed by atoms with Crippen LogP contribution in [0.5, 0.6) is 0 Å². The summed E-state index contributed by atoms with van der Waals surface area (Å²) in [6.07, 6.45) is 3.71. The van der Waals surface area contributed by atoms with Crippen LogP contribution >= 0.6 is 0 Å². The molecule has 130 valence electrons. The SMILES string of the molecule is NCCN(CCc1ccccc1)C(=O)Cn1cnc2c(N)ncnc21. The molecular formula is C17H21N7O. The van der Waals surface area contributed by atoms with Crippen molar-refractivity contribution in [2.45, 2.75) is 13.0 Å². The van der Waals surface area contributed by atoms with Crippen LogP contribution in [0.1, 0.15) is 5.56 Å². The second kappa shape index (κ2) is 7.71. The molecule has 0 aliphatic carbocycles. The maximum atomic E-state index is 12.7. The molecule has 0 atom stereocenters. The Kier molecular flexibility index (Phi) is 5.20. The number of imidazole rings is 1. The van der Waals surface area contributed by atoms with Gasteiger partial charge in [0.1, 0.15) is 18.4 Å². The van der Waals surface area contributed by atoms with Gasteiger partial charge in [-0.05, 0) is 12.0 Å². The number of fused-ring (bicyclic) bond motifs is 1. The number of amides is 1. The number of benzene rings is 1. The summed E-state index contributed by atoms with van der Waals surface area (Å²) >= 11 is 0. The fourth-order valence-electron chi connectivity index (χ4n) is 2.69. The Labute approximate surface area is 145 Å². The Morgan fingerprint density at radius 1 is 1.12 bits per heavy atom. The molecule has 1 amide bonds. The smallest absolute Gasteiger partial charge is 0.242 e. The van der Waals surface area contributed by atoms with Crippen LogP contribution in [0.2, 0.25) is 0 Å². The van der Waals surface area contributed by atoms with Crippen LogP contribution in [-0.2, 0) is 17.8 Å². The van der Waals surface area contributed by atoms with Crippen molar-refractivity contribution >= 4 is 22.9 Å². The molecule has 25 heavy (non-hydrogen) atoms. The minimum absolute atomic E-state index is 0.0298. The van der Waals surface area contributed by atoms with Crippen LogP contribution in [0.15, 0.2) is 43.0 Å². The standard InChI is InChI=1S/C17H21N7O/c18-7-9-23(8-6-13-4-2-1-3-5-13)14(25)10-24-12-22-15-16(19)20-11-21-17(15)24/h1-5,11-12H,6-10,18H2,(H2,19,20,21). The van der Waals surface area contributed by atoms with Crippen molar-refractivity contribution < 1.29 is 4.79 Å². The number of carbonyl (C=O) groups is 1. The number of rotatable bonds is 7. The first-order valence-corrected chi connectivity index (χ1v) is 8.12. The number of nitrogens with two attached hydrogens (primary N) is 2. The lowest BCUT2D eigenvalue weighted by Crippen LogP contribution is -2.38. The minimum atomic E-state index is -0.0298. The molecule has 3 rings (SSSR count). The fraction of sp³-hybridized carbons (Fsp3) is 0.294. The van der Waals surface area contributed by atoms with Gasteiger partial charge in [0, 0.05) is 19.6 Å². The van der Waals surface area contributed by atoms with Crippen LogP contribution in [0.4, 0.5) is 5.82 Å². The molecular weight excluding hydrogens is 318 g/mol. The maximum Gasteiger partial charge on any atom is 0.242 e. The van der Waals surface area contributed by atoms with Gasteiger partial charge in [0.05, 0.1) is 6.33 Å². The van der Waals surface area contributed by atoms with Crippen molar-refractivity contribution in [1.82, 2.24) is 24.4 Å². The fourth-order valence-corrected chi connectivity index (χ4v) is 2.69. The predicted molar refractivity (Wildman–Crippen MR) is 95.5 cm³/mol. The maximum absolute atomic E-state index is 12.7. The van der Waals surface area contributed by atoms with Crippen LogP contribution in [-0.4, -0.2) is 50.0 Å². The van der Waals surface area contributed by atoms with E-state index >= 15 is 0 Å². The highest BCUT2D eigenvalue weighted by molar-refractivity contribution is 5.83. The van der Waals surface area contributed by atoms with Crippen LogP contribution in [0, 0.1) is 0 Å². The third-order valence-electron chi connectivity index (χ3n) is 4.00. The van der Waals surface area contributed by atoms with Crippen molar-refractivity contribution in [1.29, 1.82) is 0 Å². The number of nitrogen functional groups attached to an aromatic ring is 1. The molecule has 0 aliphatic rings. The second-order valence-electron chi connectivity index (χ2n) is 5.71. The molecule has 0 unspecified atom stereocenters. The average Bonchev–Trinajstić information content (AvgIpc) is 3.04. The number of carbonyl (C=O) groups excluding carboxylic acids is 1. The molecule has 0 saturated carbocycles. The van der Waals surface area contributed by atoms with Crippen molar-refractivity contribution in [2.75, 3.05) is 25.4 Å². The molecule has 0 radical (unpaired) electrons. The molecule has 0 bridgehead atoms.